The Morgan fingerprint density at radius 1 is 1.33 bits per heavy atom. The van der Waals surface area contributed by atoms with E-state index < -0.39 is 17.0 Å². The van der Waals surface area contributed by atoms with Gasteiger partial charge < -0.3 is 9.84 Å². The summed E-state index contributed by atoms with van der Waals surface area (Å²) < 4.78 is 4.67. The third kappa shape index (κ3) is 2.92. The van der Waals surface area contributed by atoms with Crippen molar-refractivity contribution >= 4 is 22.8 Å². The largest absolute Gasteiger partial charge is 0.424 e. The van der Waals surface area contributed by atoms with Crippen molar-refractivity contribution in [2.24, 2.45) is 5.92 Å². The second-order valence-corrected chi connectivity index (χ2v) is 4.24. The quantitative estimate of drug-likeness (QED) is 0.458. The van der Waals surface area contributed by atoms with E-state index in [1.165, 1.54) is 0 Å². The van der Waals surface area contributed by atoms with E-state index in [0.717, 1.165) is 26.2 Å². The minimum atomic E-state index is -2.13. The van der Waals surface area contributed by atoms with Crippen molar-refractivity contribution in [2.45, 2.75) is 44.8 Å². The number of carbonyl (C=O) groups is 2. The first-order valence-electron chi connectivity index (χ1n) is 5.08. The number of esters is 1. The molecule has 0 amide bonds. The molecule has 1 atom stereocenters. The molecule has 0 radical (unpaired) electrons. The van der Waals surface area contributed by atoms with Crippen LogP contribution in [-0.2, 0) is 14.3 Å². The summed E-state index contributed by atoms with van der Waals surface area (Å²) >= 11 is 5.30. The number of ether oxygens (including phenoxy) is 1. The van der Waals surface area contributed by atoms with Gasteiger partial charge in [0.1, 0.15) is 0 Å². The van der Waals surface area contributed by atoms with Gasteiger partial charge in [0.2, 0.25) is 0 Å². The lowest BCUT2D eigenvalue weighted by molar-refractivity contribution is -0.223. The van der Waals surface area contributed by atoms with E-state index in [-0.39, 0.29) is 5.92 Å². The molecule has 1 aliphatic carbocycles. The summed E-state index contributed by atoms with van der Waals surface area (Å²) in [7, 11) is 0. The summed E-state index contributed by atoms with van der Waals surface area (Å²) in [5.41, 5.74) is 0. The van der Waals surface area contributed by atoms with Gasteiger partial charge in [-0.25, -0.2) is 0 Å². The Hall–Kier alpha value is -0.610. The molecule has 1 aliphatic rings. The molecule has 0 aromatic rings. The molecular formula is C10H15ClO4. The summed E-state index contributed by atoms with van der Waals surface area (Å²) in [6.45, 7) is 1.15. The lowest BCUT2D eigenvalue weighted by Crippen LogP contribution is -2.48. The van der Waals surface area contributed by atoms with Gasteiger partial charge in [0.15, 0.2) is 0 Å². The van der Waals surface area contributed by atoms with E-state index in [1.54, 1.807) is 0 Å². The van der Waals surface area contributed by atoms with E-state index in [9.17, 15) is 14.7 Å². The van der Waals surface area contributed by atoms with Crippen molar-refractivity contribution in [2.75, 3.05) is 0 Å². The molecule has 4 nitrogen and oxygen atoms in total. The maximum atomic E-state index is 11.1. The molecule has 1 rings (SSSR count). The molecule has 1 fully saturated rings. The average Bonchev–Trinajstić information content (AvgIpc) is 2.17. The number of hydrogen-bond donors (Lipinski definition) is 1. The van der Waals surface area contributed by atoms with Gasteiger partial charge >= 0.3 is 5.97 Å². The topological polar surface area (TPSA) is 63.6 Å². The van der Waals surface area contributed by atoms with Crippen LogP contribution in [0.15, 0.2) is 0 Å². The van der Waals surface area contributed by atoms with Crippen LogP contribution in [0.2, 0.25) is 0 Å². The van der Waals surface area contributed by atoms with Gasteiger partial charge in [-0.2, -0.15) is 0 Å². The van der Waals surface area contributed by atoms with Crippen LogP contribution in [0.1, 0.15) is 39.0 Å². The second kappa shape index (κ2) is 4.94. The standard InChI is InChI=1S/C10H15ClO4/c1-7(12)15-10(14,9(11)13)8-5-3-2-4-6-8/h8,14H,2-6H2,1H3. The number of hydrogen-bond acceptors (Lipinski definition) is 4. The molecule has 1 saturated carbocycles. The molecule has 5 heteroatoms. The fourth-order valence-corrected chi connectivity index (χ4v) is 2.19. The molecule has 0 heterocycles. The van der Waals surface area contributed by atoms with E-state index >= 15 is 0 Å². The van der Waals surface area contributed by atoms with Gasteiger partial charge in [0, 0.05) is 12.8 Å². The summed E-state index contributed by atoms with van der Waals surface area (Å²) in [6.07, 6.45) is 4.21. The first kappa shape index (κ1) is 12.5. The lowest BCUT2D eigenvalue weighted by atomic mass is 9.83. The summed E-state index contributed by atoms with van der Waals surface area (Å²) in [5.74, 6) is -3.20. The zero-order valence-corrected chi connectivity index (χ0v) is 9.42. The molecule has 0 spiro atoms. The Bertz CT molecular complexity index is 260. The number of carbonyl (C=O) groups excluding carboxylic acids is 2. The van der Waals surface area contributed by atoms with Crippen molar-refractivity contribution in [3.8, 4) is 0 Å². The van der Waals surface area contributed by atoms with Crippen LogP contribution in [0.3, 0.4) is 0 Å². The Labute approximate surface area is 93.6 Å². The van der Waals surface area contributed by atoms with Crippen molar-refractivity contribution in [1.29, 1.82) is 0 Å². The highest BCUT2D eigenvalue weighted by Gasteiger charge is 2.46. The molecular weight excluding hydrogens is 220 g/mol. The van der Waals surface area contributed by atoms with Gasteiger partial charge in [-0.05, 0) is 24.4 Å². The van der Waals surface area contributed by atoms with Gasteiger partial charge in [0.05, 0.1) is 0 Å². The Balaban J connectivity index is 2.78. The molecule has 15 heavy (non-hydrogen) atoms. The Kier molecular flexibility index (Phi) is 4.11. The molecule has 0 aliphatic heterocycles. The third-order valence-corrected chi connectivity index (χ3v) is 3.01. The van der Waals surface area contributed by atoms with Crippen LogP contribution in [-0.4, -0.2) is 22.1 Å². The minimum absolute atomic E-state index is 0.375. The highest BCUT2D eigenvalue weighted by Crippen LogP contribution is 2.35. The Morgan fingerprint density at radius 3 is 2.27 bits per heavy atom. The normalized spacial score (nSPS) is 21.8. The van der Waals surface area contributed by atoms with Crippen LogP contribution in [0, 0.1) is 5.92 Å². The van der Waals surface area contributed by atoms with Crippen LogP contribution in [0.4, 0.5) is 0 Å². The van der Waals surface area contributed by atoms with Crippen molar-refractivity contribution in [3.05, 3.63) is 0 Å². The van der Waals surface area contributed by atoms with Crippen LogP contribution in [0.25, 0.3) is 0 Å². The van der Waals surface area contributed by atoms with Crippen LogP contribution in [0.5, 0.6) is 0 Å². The highest BCUT2D eigenvalue weighted by atomic mass is 35.5. The smallest absolute Gasteiger partial charge is 0.305 e. The zero-order valence-electron chi connectivity index (χ0n) is 8.66. The van der Waals surface area contributed by atoms with Gasteiger partial charge in [-0.1, -0.05) is 19.3 Å². The molecule has 86 valence electrons. The van der Waals surface area contributed by atoms with Crippen molar-refractivity contribution < 1.29 is 19.4 Å². The van der Waals surface area contributed by atoms with Crippen molar-refractivity contribution in [1.82, 2.24) is 0 Å². The van der Waals surface area contributed by atoms with Gasteiger partial charge in [-0.15, -0.1) is 0 Å². The maximum absolute atomic E-state index is 11.1. The number of rotatable bonds is 3. The zero-order chi connectivity index (χ0) is 11.5. The number of aliphatic hydroxyl groups is 1. The SMILES string of the molecule is CC(=O)OC(O)(C(=O)Cl)C1CCCCC1. The average molecular weight is 235 g/mol. The van der Waals surface area contributed by atoms with Crippen LogP contribution < -0.4 is 0 Å². The molecule has 0 aromatic carbocycles. The highest BCUT2D eigenvalue weighted by molar-refractivity contribution is 6.65. The third-order valence-electron chi connectivity index (χ3n) is 2.74. The molecule has 1 unspecified atom stereocenters. The summed E-state index contributed by atoms with van der Waals surface area (Å²) in [5, 5.41) is 8.95. The minimum Gasteiger partial charge on any atom is -0.424 e. The summed E-state index contributed by atoms with van der Waals surface area (Å²) in [4.78, 5) is 22.0. The van der Waals surface area contributed by atoms with E-state index in [0.29, 0.717) is 12.8 Å². The van der Waals surface area contributed by atoms with E-state index in [1.807, 2.05) is 0 Å². The molecule has 0 aromatic heterocycles. The number of halogens is 1. The van der Waals surface area contributed by atoms with Gasteiger partial charge in [0.25, 0.3) is 11.0 Å². The maximum Gasteiger partial charge on any atom is 0.305 e. The predicted octanol–water partition coefficient (Wildman–Crippen LogP) is 1.58. The fraction of sp³-hybridized carbons (Fsp3) is 0.800. The first-order valence-corrected chi connectivity index (χ1v) is 5.46. The van der Waals surface area contributed by atoms with Gasteiger partial charge in [-0.3, -0.25) is 9.59 Å². The fourth-order valence-electron chi connectivity index (χ4n) is 2.00. The monoisotopic (exact) mass is 234 g/mol. The first-order chi connectivity index (χ1) is 6.97. The molecule has 0 saturated heterocycles. The lowest BCUT2D eigenvalue weighted by Gasteiger charge is -2.34. The second-order valence-electron chi connectivity index (χ2n) is 3.90. The predicted molar refractivity (Wildman–Crippen MR) is 54.2 cm³/mol. The Morgan fingerprint density at radius 2 is 1.87 bits per heavy atom. The van der Waals surface area contributed by atoms with E-state index in [4.69, 9.17) is 11.6 Å². The van der Waals surface area contributed by atoms with Crippen molar-refractivity contribution in [3.63, 3.8) is 0 Å². The molecule has 1 N–H and O–H groups in total. The van der Waals surface area contributed by atoms with Crippen LogP contribution >= 0.6 is 11.6 Å². The van der Waals surface area contributed by atoms with E-state index in [2.05, 4.69) is 4.74 Å². The molecule has 0 bridgehead atoms. The summed E-state index contributed by atoms with van der Waals surface area (Å²) in [6, 6.07) is 0.